The maximum atomic E-state index is 14.1. The van der Waals surface area contributed by atoms with Crippen molar-refractivity contribution in [2.45, 2.75) is 19.3 Å². The molecule has 0 atom stereocenters. The van der Waals surface area contributed by atoms with Crippen LogP contribution in [0, 0.1) is 5.82 Å². The lowest BCUT2D eigenvalue weighted by molar-refractivity contribution is 0.504. The molecule has 6 nitrogen and oxygen atoms in total. The van der Waals surface area contributed by atoms with Crippen molar-refractivity contribution in [1.82, 2.24) is 20.2 Å². The molecule has 0 saturated heterocycles. The molecule has 0 saturated carbocycles. The minimum Gasteiger partial charge on any atom is -0.368 e. The van der Waals surface area contributed by atoms with Crippen LogP contribution in [-0.2, 0) is 5.41 Å². The number of rotatable bonds is 5. The Hall–Kier alpha value is -3.48. The highest BCUT2D eigenvalue weighted by Gasteiger charge is 2.23. The summed E-state index contributed by atoms with van der Waals surface area (Å²) in [5.41, 5.74) is 3.03. The smallest absolute Gasteiger partial charge is 0.323 e. The van der Waals surface area contributed by atoms with E-state index >= 15 is 0 Å². The summed E-state index contributed by atoms with van der Waals surface area (Å²) < 4.78 is 14.1. The predicted octanol–water partition coefficient (Wildman–Crippen LogP) is 3.84. The Balaban J connectivity index is 1.50. The van der Waals surface area contributed by atoms with Gasteiger partial charge < -0.3 is 15.3 Å². The van der Waals surface area contributed by atoms with Crippen molar-refractivity contribution in [1.29, 1.82) is 0 Å². The fourth-order valence-electron chi connectivity index (χ4n) is 3.19. The van der Waals surface area contributed by atoms with E-state index in [2.05, 4.69) is 25.5 Å². The van der Waals surface area contributed by atoms with E-state index in [-0.39, 0.29) is 11.5 Å². The second-order valence-electron chi connectivity index (χ2n) is 7.36. The summed E-state index contributed by atoms with van der Waals surface area (Å²) in [6.07, 6.45) is 0. The minimum atomic E-state index is -0.406. The summed E-state index contributed by atoms with van der Waals surface area (Å²) in [5.74, 6) is 0.401. The average molecular weight is 377 g/mol. The van der Waals surface area contributed by atoms with Crippen LogP contribution in [0.4, 0.5) is 10.2 Å². The lowest BCUT2D eigenvalue weighted by Crippen LogP contribution is -2.29. The highest BCUT2D eigenvalue weighted by Crippen LogP contribution is 2.26. The van der Waals surface area contributed by atoms with Crippen LogP contribution < -0.4 is 11.0 Å². The number of nitrogens with one attached hydrogen (secondary N) is 3. The lowest BCUT2D eigenvalue weighted by Gasteiger charge is -2.26. The number of halogens is 1. The summed E-state index contributed by atoms with van der Waals surface area (Å²) in [6.45, 7) is 4.47. The Labute approximate surface area is 160 Å². The highest BCUT2D eigenvalue weighted by molar-refractivity contribution is 5.80. The molecular weight excluding hydrogens is 357 g/mol. The Morgan fingerprint density at radius 3 is 2.54 bits per heavy atom. The molecule has 0 amide bonds. The molecule has 0 spiro atoms. The van der Waals surface area contributed by atoms with Crippen LogP contribution in [0.15, 0.2) is 59.4 Å². The van der Waals surface area contributed by atoms with E-state index in [1.807, 2.05) is 50.2 Å². The van der Waals surface area contributed by atoms with E-state index in [9.17, 15) is 9.18 Å². The maximum Gasteiger partial charge on any atom is 0.323 e. The molecule has 28 heavy (non-hydrogen) atoms. The second kappa shape index (κ2) is 6.92. The molecule has 7 heteroatoms. The van der Waals surface area contributed by atoms with E-state index in [4.69, 9.17) is 0 Å². The highest BCUT2D eigenvalue weighted by atomic mass is 19.1. The van der Waals surface area contributed by atoms with Crippen LogP contribution in [0.2, 0.25) is 0 Å². The number of aromatic amines is 2. The van der Waals surface area contributed by atoms with Gasteiger partial charge in [0.2, 0.25) is 0 Å². The third-order valence-electron chi connectivity index (χ3n) is 4.79. The van der Waals surface area contributed by atoms with Crippen molar-refractivity contribution >= 4 is 16.9 Å². The number of anilines is 1. The molecule has 0 fully saturated rings. The number of fused-ring (bicyclic) bond motifs is 1. The largest absolute Gasteiger partial charge is 0.368 e. The lowest BCUT2D eigenvalue weighted by atomic mass is 9.84. The van der Waals surface area contributed by atoms with Crippen molar-refractivity contribution in [3.05, 3.63) is 76.5 Å². The normalized spacial score (nSPS) is 11.7. The summed E-state index contributed by atoms with van der Waals surface area (Å²) in [4.78, 5) is 16.8. The quantitative estimate of drug-likeness (QED) is 0.493. The molecule has 0 aliphatic rings. The number of hydrogen-bond acceptors (Lipinski definition) is 4. The van der Waals surface area contributed by atoms with Crippen LogP contribution in [0.25, 0.3) is 22.3 Å². The van der Waals surface area contributed by atoms with Gasteiger partial charge in [-0.15, -0.1) is 10.2 Å². The molecule has 0 bridgehead atoms. The van der Waals surface area contributed by atoms with Crippen molar-refractivity contribution in [3.8, 4) is 11.3 Å². The number of imidazole rings is 1. The zero-order valence-electron chi connectivity index (χ0n) is 15.6. The van der Waals surface area contributed by atoms with E-state index in [0.717, 1.165) is 16.6 Å². The van der Waals surface area contributed by atoms with Crippen LogP contribution in [0.3, 0.4) is 0 Å². The van der Waals surface area contributed by atoms with Crippen molar-refractivity contribution in [3.63, 3.8) is 0 Å². The Bertz CT molecular complexity index is 1180. The summed E-state index contributed by atoms with van der Waals surface area (Å²) >= 11 is 0. The number of H-pyrrole nitrogens is 2. The monoisotopic (exact) mass is 377 g/mol. The SMILES string of the molecule is CC(C)(CNc1ccc(-c2ccc3[nH]c(=O)[nH]c3c2)nn1)c1ccccc1F. The number of aromatic nitrogens is 4. The average Bonchev–Trinajstić information content (AvgIpc) is 3.06. The Morgan fingerprint density at radius 1 is 1.00 bits per heavy atom. The first kappa shape index (κ1) is 17.9. The van der Waals surface area contributed by atoms with Crippen molar-refractivity contribution in [2.24, 2.45) is 0 Å². The zero-order chi connectivity index (χ0) is 19.7. The maximum absolute atomic E-state index is 14.1. The third-order valence-corrected chi connectivity index (χ3v) is 4.79. The minimum absolute atomic E-state index is 0.214. The standard InChI is InChI=1S/C21H20FN5O/c1-21(2,14-5-3-4-6-15(14)22)12-23-19-10-9-16(26-27-19)13-7-8-17-18(11-13)25-20(28)24-17/h3-11H,12H2,1-2H3,(H,23,27)(H2,24,25,28). The fraction of sp³-hybridized carbons (Fsp3) is 0.190. The zero-order valence-corrected chi connectivity index (χ0v) is 15.6. The summed E-state index contributed by atoms with van der Waals surface area (Å²) in [6, 6.07) is 16.1. The van der Waals surface area contributed by atoms with E-state index < -0.39 is 5.41 Å². The van der Waals surface area contributed by atoms with Crippen LogP contribution in [0.5, 0.6) is 0 Å². The second-order valence-corrected chi connectivity index (χ2v) is 7.36. The number of hydrogen-bond donors (Lipinski definition) is 3. The fourth-order valence-corrected chi connectivity index (χ4v) is 3.19. The summed E-state index contributed by atoms with van der Waals surface area (Å²) in [7, 11) is 0. The van der Waals surface area contributed by atoms with Gasteiger partial charge in [0.15, 0.2) is 0 Å². The molecule has 0 radical (unpaired) electrons. The molecule has 142 valence electrons. The van der Waals surface area contributed by atoms with Gasteiger partial charge in [0.05, 0.1) is 16.7 Å². The van der Waals surface area contributed by atoms with Gasteiger partial charge in [-0.2, -0.15) is 0 Å². The number of nitrogens with zero attached hydrogens (tertiary/aromatic N) is 2. The van der Waals surface area contributed by atoms with E-state index in [0.29, 0.717) is 23.6 Å². The molecule has 2 heterocycles. The first-order valence-corrected chi connectivity index (χ1v) is 8.97. The van der Waals surface area contributed by atoms with Gasteiger partial charge in [0, 0.05) is 17.5 Å². The first-order valence-electron chi connectivity index (χ1n) is 8.97. The summed E-state index contributed by atoms with van der Waals surface area (Å²) in [5, 5.41) is 11.7. The van der Waals surface area contributed by atoms with Crippen LogP contribution in [-0.4, -0.2) is 26.7 Å². The third kappa shape index (κ3) is 3.51. The molecule has 2 aromatic heterocycles. The molecule has 2 aromatic carbocycles. The topological polar surface area (TPSA) is 86.5 Å². The van der Waals surface area contributed by atoms with Gasteiger partial charge in [-0.05, 0) is 35.9 Å². The molecular formula is C21H20FN5O. The van der Waals surface area contributed by atoms with Gasteiger partial charge in [-0.3, -0.25) is 0 Å². The predicted molar refractivity (Wildman–Crippen MR) is 108 cm³/mol. The van der Waals surface area contributed by atoms with Gasteiger partial charge in [-0.25, -0.2) is 9.18 Å². The number of benzene rings is 2. The van der Waals surface area contributed by atoms with Gasteiger partial charge in [0.25, 0.3) is 0 Å². The molecule has 0 unspecified atom stereocenters. The van der Waals surface area contributed by atoms with E-state index in [1.165, 1.54) is 6.07 Å². The van der Waals surface area contributed by atoms with Crippen LogP contribution in [0.1, 0.15) is 19.4 Å². The van der Waals surface area contributed by atoms with Crippen molar-refractivity contribution < 1.29 is 4.39 Å². The van der Waals surface area contributed by atoms with Gasteiger partial charge in [0.1, 0.15) is 11.6 Å². The molecule has 4 aromatic rings. The van der Waals surface area contributed by atoms with Crippen LogP contribution >= 0.6 is 0 Å². The molecule has 0 aliphatic carbocycles. The Morgan fingerprint density at radius 2 is 1.79 bits per heavy atom. The molecule has 3 N–H and O–H groups in total. The Kier molecular flexibility index (Phi) is 4.43. The van der Waals surface area contributed by atoms with Gasteiger partial charge in [-0.1, -0.05) is 38.1 Å². The molecule has 0 aliphatic heterocycles. The first-order chi connectivity index (χ1) is 13.4. The van der Waals surface area contributed by atoms with E-state index in [1.54, 1.807) is 12.1 Å². The van der Waals surface area contributed by atoms with Gasteiger partial charge >= 0.3 is 5.69 Å². The van der Waals surface area contributed by atoms with Crippen molar-refractivity contribution in [2.75, 3.05) is 11.9 Å². The molecule has 4 rings (SSSR count).